The molecule has 1 N–H and O–H groups in total. The number of likely N-dealkylation sites (N-methyl/N-ethyl adjacent to an activating group) is 1. The normalized spacial score (nSPS) is 11.8. The van der Waals surface area contributed by atoms with Crippen LogP contribution in [0.3, 0.4) is 0 Å². The molecular weight excluding hydrogens is 273 g/mol. The van der Waals surface area contributed by atoms with Gasteiger partial charge in [0.15, 0.2) is 5.78 Å². The van der Waals surface area contributed by atoms with Crippen molar-refractivity contribution >= 4 is 15.6 Å². The maximum atomic E-state index is 13.0. The SMILES string of the molecule is CN(CCS(C)(=O)=O)CC(=O)c1cc(F)ccc1O. The summed E-state index contributed by atoms with van der Waals surface area (Å²) in [5.41, 5.74) is -0.105. The van der Waals surface area contributed by atoms with E-state index in [1.165, 1.54) is 4.90 Å². The van der Waals surface area contributed by atoms with E-state index in [9.17, 15) is 22.7 Å². The lowest BCUT2D eigenvalue weighted by atomic mass is 10.1. The van der Waals surface area contributed by atoms with Gasteiger partial charge in [-0.2, -0.15) is 0 Å². The lowest BCUT2D eigenvalue weighted by Crippen LogP contribution is -2.30. The standard InChI is InChI=1S/C12H16FNO4S/c1-14(5-6-19(2,17)18)8-12(16)10-7-9(13)3-4-11(10)15/h3-4,7,15H,5-6,8H2,1-2H3. The zero-order valence-corrected chi connectivity index (χ0v) is 11.6. The topological polar surface area (TPSA) is 74.7 Å². The lowest BCUT2D eigenvalue weighted by molar-refractivity contribution is 0.0946. The minimum atomic E-state index is -3.10. The molecule has 0 aliphatic heterocycles. The van der Waals surface area contributed by atoms with Gasteiger partial charge in [0.2, 0.25) is 0 Å². The molecule has 5 nitrogen and oxygen atoms in total. The van der Waals surface area contributed by atoms with E-state index in [4.69, 9.17) is 0 Å². The summed E-state index contributed by atoms with van der Waals surface area (Å²) in [4.78, 5) is 13.3. The predicted molar refractivity (Wildman–Crippen MR) is 69.6 cm³/mol. The van der Waals surface area contributed by atoms with Crippen LogP contribution in [0.1, 0.15) is 10.4 Å². The van der Waals surface area contributed by atoms with Gasteiger partial charge < -0.3 is 5.11 Å². The number of sulfone groups is 1. The first kappa shape index (κ1) is 15.6. The maximum Gasteiger partial charge on any atom is 0.180 e. The van der Waals surface area contributed by atoms with Crippen molar-refractivity contribution in [3.8, 4) is 5.75 Å². The van der Waals surface area contributed by atoms with Crippen LogP contribution in [0.5, 0.6) is 5.75 Å². The Balaban J connectivity index is 2.66. The zero-order valence-electron chi connectivity index (χ0n) is 10.8. The second kappa shape index (κ2) is 6.12. The van der Waals surface area contributed by atoms with Gasteiger partial charge in [0.25, 0.3) is 0 Å². The highest BCUT2D eigenvalue weighted by molar-refractivity contribution is 7.90. The highest BCUT2D eigenvalue weighted by Gasteiger charge is 2.15. The highest BCUT2D eigenvalue weighted by atomic mass is 32.2. The highest BCUT2D eigenvalue weighted by Crippen LogP contribution is 2.18. The summed E-state index contributed by atoms with van der Waals surface area (Å²) in [6.45, 7) is 0.104. The van der Waals surface area contributed by atoms with Crippen LogP contribution < -0.4 is 0 Å². The number of aromatic hydroxyl groups is 1. The van der Waals surface area contributed by atoms with Crippen molar-refractivity contribution < 1.29 is 22.7 Å². The number of phenols is 1. The average Bonchev–Trinajstić information content (AvgIpc) is 2.28. The molecule has 1 aromatic carbocycles. The van der Waals surface area contributed by atoms with Gasteiger partial charge in [0.05, 0.1) is 17.9 Å². The molecule has 0 saturated heterocycles. The summed E-state index contributed by atoms with van der Waals surface area (Å²) >= 11 is 0. The van der Waals surface area contributed by atoms with Crippen molar-refractivity contribution in [1.82, 2.24) is 4.90 Å². The summed E-state index contributed by atoms with van der Waals surface area (Å²) < 4.78 is 35.0. The summed E-state index contributed by atoms with van der Waals surface area (Å²) in [5.74, 6) is -1.43. The quantitative estimate of drug-likeness (QED) is 0.780. The molecule has 106 valence electrons. The molecule has 0 aliphatic rings. The molecule has 0 radical (unpaired) electrons. The number of phenolic OH excluding ortho intramolecular Hbond substituents is 1. The number of ketones is 1. The summed E-state index contributed by atoms with van der Waals surface area (Å²) in [6.07, 6.45) is 1.11. The summed E-state index contributed by atoms with van der Waals surface area (Å²) in [5, 5.41) is 9.48. The number of hydrogen-bond donors (Lipinski definition) is 1. The Labute approximate surface area is 111 Å². The van der Waals surface area contributed by atoms with Crippen LogP contribution in [-0.2, 0) is 9.84 Å². The van der Waals surface area contributed by atoms with E-state index in [0.717, 1.165) is 24.5 Å². The Morgan fingerprint density at radius 3 is 2.63 bits per heavy atom. The minimum absolute atomic E-state index is 0.0636. The van der Waals surface area contributed by atoms with Gasteiger partial charge in [-0.25, -0.2) is 12.8 Å². The van der Waals surface area contributed by atoms with Crippen LogP contribution in [0.15, 0.2) is 18.2 Å². The largest absolute Gasteiger partial charge is 0.507 e. The number of carbonyl (C=O) groups excluding carboxylic acids is 1. The van der Waals surface area contributed by atoms with Gasteiger partial charge in [-0.1, -0.05) is 0 Å². The first-order valence-electron chi connectivity index (χ1n) is 5.57. The van der Waals surface area contributed by atoms with Crippen molar-refractivity contribution in [2.75, 3.05) is 32.1 Å². The molecule has 0 fully saturated rings. The van der Waals surface area contributed by atoms with Gasteiger partial charge in [0, 0.05) is 12.8 Å². The molecule has 1 rings (SSSR count). The number of hydrogen-bond acceptors (Lipinski definition) is 5. The Bertz CT molecular complexity index is 571. The second-order valence-electron chi connectivity index (χ2n) is 4.45. The monoisotopic (exact) mass is 289 g/mol. The van der Waals surface area contributed by atoms with E-state index in [1.54, 1.807) is 7.05 Å². The summed E-state index contributed by atoms with van der Waals surface area (Å²) in [6, 6.07) is 3.13. The fourth-order valence-electron chi connectivity index (χ4n) is 1.46. The van der Waals surface area contributed by atoms with E-state index >= 15 is 0 Å². The summed E-state index contributed by atoms with van der Waals surface area (Å²) in [7, 11) is -1.51. The third-order valence-corrected chi connectivity index (χ3v) is 3.44. The van der Waals surface area contributed by atoms with Crippen molar-refractivity contribution in [2.45, 2.75) is 0 Å². The Morgan fingerprint density at radius 1 is 1.42 bits per heavy atom. The number of Topliss-reactive ketones (excluding diaryl/α,β-unsaturated/α-hetero) is 1. The van der Waals surface area contributed by atoms with E-state index in [2.05, 4.69) is 0 Å². The van der Waals surface area contributed by atoms with Gasteiger partial charge in [0.1, 0.15) is 21.4 Å². The van der Waals surface area contributed by atoms with Gasteiger partial charge in [-0.05, 0) is 25.2 Å². The van der Waals surface area contributed by atoms with E-state index in [0.29, 0.717) is 0 Å². The number of carbonyl (C=O) groups is 1. The minimum Gasteiger partial charge on any atom is -0.507 e. The first-order chi connectivity index (χ1) is 8.69. The van der Waals surface area contributed by atoms with Crippen LogP contribution >= 0.6 is 0 Å². The molecule has 0 atom stereocenters. The van der Waals surface area contributed by atoms with Gasteiger partial charge in [-0.15, -0.1) is 0 Å². The molecule has 0 bridgehead atoms. The molecule has 1 aromatic rings. The number of benzene rings is 1. The lowest BCUT2D eigenvalue weighted by Gasteiger charge is -2.15. The molecule has 0 spiro atoms. The third kappa shape index (κ3) is 5.35. The smallest absolute Gasteiger partial charge is 0.180 e. The van der Waals surface area contributed by atoms with Crippen molar-refractivity contribution in [1.29, 1.82) is 0 Å². The third-order valence-electron chi connectivity index (χ3n) is 2.52. The van der Waals surface area contributed by atoms with Crippen LogP contribution in [0.2, 0.25) is 0 Å². The Morgan fingerprint density at radius 2 is 2.05 bits per heavy atom. The van der Waals surface area contributed by atoms with Crippen LogP contribution in [0.25, 0.3) is 0 Å². The fourth-order valence-corrected chi connectivity index (χ4v) is 2.11. The molecule has 0 saturated carbocycles. The Kier molecular flexibility index (Phi) is 5.02. The van der Waals surface area contributed by atoms with Crippen molar-refractivity contribution in [2.24, 2.45) is 0 Å². The molecule has 0 heterocycles. The van der Waals surface area contributed by atoms with E-state index in [1.807, 2.05) is 0 Å². The zero-order chi connectivity index (χ0) is 14.6. The first-order valence-corrected chi connectivity index (χ1v) is 7.63. The Hall–Kier alpha value is -1.47. The molecule has 0 aliphatic carbocycles. The van der Waals surface area contributed by atoms with Gasteiger partial charge >= 0.3 is 0 Å². The van der Waals surface area contributed by atoms with E-state index < -0.39 is 21.4 Å². The molecule has 0 amide bonds. The number of rotatable bonds is 6. The molecule has 19 heavy (non-hydrogen) atoms. The maximum absolute atomic E-state index is 13.0. The molecule has 7 heteroatoms. The predicted octanol–water partition coefficient (Wildman–Crippen LogP) is 0.690. The molecule has 0 aromatic heterocycles. The average molecular weight is 289 g/mol. The second-order valence-corrected chi connectivity index (χ2v) is 6.71. The van der Waals surface area contributed by atoms with Gasteiger partial charge in [-0.3, -0.25) is 9.69 Å². The molecular formula is C12H16FNO4S. The number of nitrogens with zero attached hydrogens (tertiary/aromatic N) is 1. The van der Waals surface area contributed by atoms with Crippen molar-refractivity contribution in [3.05, 3.63) is 29.6 Å². The van der Waals surface area contributed by atoms with Crippen LogP contribution in [-0.4, -0.2) is 56.4 Å². The van der Waals surface area contributed by atoms with Crippen LogP contribution in [0, 0.1) is 5.82 Å². The van der Waals surface area contributed by atoms with E-state index in [-0.39, 0.29) is 30.2 Å². The van der Waals surface area contributed by atoms with Crippen LogP contribution in [0.4, 0.5) is 4.39 Å². The van der Waals surface area contributed by atoms with Crippen molar-refractivity contribution in [3.63, 3.8) is 0 Å². The molecule has 0 unspecified atom stereocenters. The number of halogens is 1. The fraction of sp³-hybridized carbons (Fsp3) is 0.417.